The summed E-state index contributed by atoms with van der Waals surface area (Å²) in [4.78, 5) is 8.81. The number of aromatic nitrogens is 2. The molecule has 0 spiro atoms. The predicted octanol–water partition coefficient (Wildman–Crippen LogP) is 3.60. The van der Waals surface area contributed by atoms with E-state index >= 15 is 0 Å². The second-order valence-corrected chi connectivity index (χ2v) is 11.8. The van der Waals surface area contributed by atoms with Gasteiger partial charge in [-0.2, -0.15) is 4.36 Å². The van der Waals surface area contributed by atoms with Crippen molar-refractivity contribution >= 4 is 37.8 Å². The number of halogens is 1. The van der Waals surface area contributed by atoms with Crippen molar-refractivity contribution in [1.29, 1.82) is 0 Å². The van der Waals surface area contributed by atoms with Gasteiger partial charge in [0.1, 0.15) is 35.9 Å². The minimum atomic E-state index is -2.21. The molecule has 2 fully saturated rings. The molecule has 1 aromatic heterocycles. The van der Waals surface area contributed by atoms with Crippen LogP contribution in [0, 0.1) is 12.7 Å². The van der Waals surface area contributed by atoms with Crippen LogP contribution in [0.5, 0.6) is 5.75 Å². The second kappa shape index (κ2) is 10.3. The fourth-order valence-electron chi connectivity index (χ4n) is 4.66. The number of nitrogens with zero attached hydrogens (tertiary/aromatic N) is 3. The highest BCUT2D eigenvalue weighted by molar-refractivity contribution is 7.93. The summed E-state index contributed by atoms with van der Waals surface area (Å²) in [6.07, 6.45) is 1.71. The van der Waals surface area contributed by atoms with Crippen molar-refractivity contribution < 1.29 is 28.3 Å². The van der Waals surface area contributed by atoms with Crippen molar-refractivity contribution in [3.63, 3.8) is 0 Å². The van der Waals surface area contributed by atoms with Gasteiger partial charge >= 0.3 is 0 Å². The Morgan fingerprint density at radius 3 is 2.86 bits per heavy atom. The Morgan fingerprint density at radius 1 is 1.28 bits per heavy atom. The third-order valence-electron chi connectivity index (χ3n) is 6.47. The predicted molar refractivity (Wildman–Crippen MR) is 135 cm³/mol. The van der Waals surface area contributed by atoms with E-state index in [0.717, 1.165) is 23.8 Å². The lowest BCUT2D eigenvalue weighted by Crippen LogP contribution is -2.29. The van der Waals surface area contributed by atoms with Gasteiger partial charge in [-0.3, -0.25) is 0 Å². The van der Waals surface area contributed by atoms with E-state index in [2.05, 4.69) is 19.6 Å². The van der Waals surface area contributed by atoms with Crippen LogP contribution in [-0.2, 0) is 14.5 Å². The first-order valence-electron chi connectivity index (χ1n) is 12.0. The molecule has 3 aromatic rings. The van der Waals surface area contributed by atoms with E-state index in [0.29, 0.717) is 40.6 Å². The summed E-state index contributed by atoms with van der Waals surface area (Å²) in [7, 11) is -2.21. The molecule has 3 N–H and O–H groups in total. The van der Waals surface area contributed by atoms with Crippen molar-refractivity contribution in [3.8, 4) is 5.75 Å². The van der Waals surface area contributed by atoms with Crippen LogP contribution >= 0.6 is 0 Å². The zero-order chi connectivity index (χ0) is 25.3. The molecule has 2 aliphatic heterocycles. The van der Waals surface area contributed by atoms with Gasteiger partial charge in [0.15, 0.2) is 0 Å². The van der Waals surface area contributed by atoms with Gasteiger partial charge in [0.25, 0.3) is 0 Å². The highest BCUT2D eigenvalue weighted by Crippen LogP contribution is 2.35. The first-order valence-corrected chi connectivity index (χ1v) is 13.8. The molecule has 9 nitrogen and oxygen atoms in total. The topological polar surface area (TPSA) is 126 Å². The van der Waals surface area contributed by atoms with Gasteiger partial charge in [-0.1, -0.05) is 0 Å². The lowest BCUT2D eigenvalue weighted by Gasteiger charge is -2.18. The number of hydrogen-bond donors (Lipinski definition) is 3. The summed E-state index contributed by atoms with van der Waals surface area (Å²) in [5.41, 5.74) is 2.67. The van der Waals surface area contributed by atoms with Crippen LogP contribution in [0.3, 0.4) is 0 Å². The maximum absolute atomic E-state index is 14.1. The van der Waals surface area contributed by atoms with Crippen LogP contribution in [0.1, 0.15) is 24.8 Å². The maximum atomic E-state index is 14.1. The number of anilines is 2. The number of hydrogen-bond acceptors (Lipinski definition) is 9. The molecule has 2 saturated heterocycles. The number of aliphatic hydroxyl groups is 2. The van der Waals surface area contributed by atoms with Crippen molar-refractivity contribution in [1.82, 2.24) is 9.97 Å². The zero-order valence-electron chi connectivity index (χ0n) is 19.9. The molecule has 2 aromatic carbocycles. The Morgan fingerprint density at radius 2 is 2.08 bits per heavy atom. The molecule has 0 unspecified atom stereocenters. The number of ether oxygens (including phenoxy) is 2. The number of aryl methyl sites for hydroxylation is 1. The lowest BCUT2D eigenvalue weighted by atomic mass is 10.1. The molecule has 3 heterocycles. The Hall–Kier alpha value is -2.86. The molecular formula is C25H29FN4O5S. The van der Waals surface area contributed by atoms with Crippen LogP contribution < -0.4 is 10.1 Å². The largest absolute Gasteiger partial charge is 0.486 e. The third kappa shape index (κ3) is 5.29. The summed E-state index contributed by atoms with van der Waals surface area (Å²) in [5.74, 6) is 1.58. The van der Waals surface area contributed by atoms with Crippen molar-refractivity contribution in [2.75, 3.05) is 30.0 Å². The van der Waals surface area contributed by atoms with E-state index in [9.17, 15) is 13.7 Å². The van der Waals surface area contributed by atoms with Crippen LogP contribution in [0.4, 0.5) is 21.6 Å². The molecule has 0 aliphatic carbocycles. The molecule has 0 saturated carbocycles. The Kier molecular flexibility index (Phi) is 7.07. The van der Waals surface area contributed by atoms with Gasteiger partial charge in [-0.05, 0) is 49.6 Å². The molecule has 2 aliphatic rings. The van der Waals surface area contributed by atoms with Gasteiger partial charge in [0.05, 0.1) is 45.9 Å². The quantitative estimate of drug-likeness (QED) is 0.435. The third-order valence-corrected chi connectivity index (χ3v) is 8.86. The van der Waals surface area contributed by atoms with Crippen LogP contribution in [0.2, 0.25) is 0 Å². The summed E-state index contributed by atoms with van der Waals surface area (Å²) in [6, 6.07) is 7.86. The molecule has 36 heavy (non-hydrogen) atoms. The number of rotatable bonds is 7. The van der Waals surface area contributed by atoms with Gasteiger partial charge in [0.2, 0.25) is 0 Å². The van der Waals surface area contributed by atoms with Crippen molar-refractivity contribution in [2.24, 2.45) is 4.36 Å². The van der Waals surface area contributed by atoms with E-state index in [1.807, 2.05) is 19.1 Å². The van der Waals surface area contributed by atoms with E-state index in [1.54, 1.807) is 6.07 Å². The first kappa shape index (κ1) is 24.8. The molecule has 0 amide bonds. The number of fused-ring (bicyclic) bond motifs is 1. The molecular weight excluding hydrogens is 487 g/mol. The molecule has 192 valence electrons. The van der Waals surface area contributed by atoms with E-state index in [1.165, 1.54) is 18.5 Å². The first-order chi connectivity index (χ1) is 17.3. The number of benzene rings is 2. The average molecular weight is 517 g/mol. The highest BCUT2D eigenvalue weighted by Gasteiger charge is 2.32. The minimum Gasteiger partial charge on any atom is -0.486 e. The Bertz CT molecular complexity index is 1380. The fraction of sp³-hybridized carbons (Fsp3) is 0.440. The summed E-state index contributed by atoms with van der Waals surface area (Å²) in [6.45, 7) is 1.72. The van der Waals surface area contributed by atoms with E-state index in [4.69, 9.17) is 14.6 Å². The van der Waals surface area contributed by atoms with Gasteiger partial charge in [-0.15, -0.1) is 0 Å². The van der Waals surface area contributed by atoms with Gasteiger partial charge in [-0.25, -0.2) is 18.6 Å². The lowest BCUT2D eigenvalue weighted by molar-refractivity contribution is -0.0289. The highest BCUT2D eigenvalue weighted by atomic mass is 32.2. The van der Waals surface area contributed by atoms with Crippen LogP contribution in [0.15, 0.2) is 41.0 Å². The average Bonchev–Trinajstić information content (AvgIpc) is 3.49. The van der Waals surface area contributed by atoms with Crippen LogP contribution in [0.25, 0.3) is 10.9 Å². The Balaban J connectivity index is 1.43. The standard InChI is InChI=1S/C25H29FN4O5S/c1-15-8-17(30-36(33)6-2-3-7-36)10-20-24(15)25(28-14-27-20)29-19-5-4-16(26)9-22(19)35-18-11-23(34-13-18)21(32)12-31/h4-5,8-10,14,18,21,23,31-32H,2-3,6-7,11-13H2,1H3,(H,27,28,29)/t18-,21-,23-/m0/s1. The van der Waals surface area contributed by atoms with Crippen molar-refractivity contribution in [2.45, 2.75) is 44.5 Å². The number of nitrogens with one attached hydrogen (secondary N) is 1. The van der Waals surface area contributed by atoms with Gasteiger partial charge in [0, 0.05) is 29.4 Å². The molecule has 0 bridgehead atoms. The minimum absolute atomic E-state index is 0.211. The van der Waals surface area contributed by atoms with E-state index < -0.39 is 40.5 Å². The van der Waals surface area contributed by atoms with Crippen LogP contribution in [-0.4, -0.2) is 67.4 Å². The second-order valence-electron chi connectivity index (χ2n) is 9.22. The molecule has 11 heteroatoms. The Labute approximate surface area is 208 Å². The molecule has 0 radical (unpaired) electrons. The van der Waals surface area contributed by atoms with Crippen molar-refractivity contribution in [3.05, 3.63) is 48.0 Å². The number of aliphatic hydroxyl groups excluding tert-OH is 2. The fourth-order valence-corrected chi connectivity index (χ4v) is 6.85. The summed E-state index contributed by atoms with van der Waals surface area (Å²) >= 11 is 0. The summed E-state index contributed by atoms with van der Waals surface area (Å²) in [5, 5.41) is 23.0. The zero-order valence-corrected chi connectivity index (χ0v) is 20.7. The van der Waals surface area contributed by atoms with E-state index in [-0.39, 0.29) is 12.4 Å². The molecule has 3 atom stereocenters. The molecule has 5 rings (SSSR count). The SMILES string of the molecule is Cc1cc(N=S2(=O)CCCC2)cc2ncnc(Nc3ccc(F)cc3O[C@@H]3CO[C@H]([C@@H](O)CO)C3)c12. The summed E-state index contributed by atoms with van der Waals surface area (Å²) < 4.78 is 43.1. The normalized spacial score (nSPS) is 22.0. The smallest absolute Gasteiger partial charge is 0.146 e. The van der Waals surface area contributed by atoms with Gasteiger partial charge < -0.3 is 25.0 Å². The maximum Gasteiger partial charge on any atom is 0.146 e. The monoisotopic (exact) mass is 516 g/mol.